The van der Waals surface area contributed by atoms with Gasteiger partial charge in [0.25, 0.3) is 11.7 Å². The molecule has 0 bridgehead atoms. The monoisotopic (exact) mass is 392 g/mol. The van der Waals surface area contributed by atoms with E-state index in [2.05, 4.69) is 25.8 Å². The fourth-order valence-corrected chi connectivity index (χ4v) is 3.24. The number of hydrogen-bond acceptors (Lipinski definition) is 2. The largest absolute Gasteiger partial charge is 0.419 e. The van der Waals surface area contributed by atoms with Gasteiger partial charge in [0, 0.05) is 11.6 Å². The summed E-state index contributed by atoms with van der Waals surface area (Å²) in [5, 5.41) is 0. The molecule has 1 aromatic carbocycles. The molecule has 0 spiro atoms. The third-order valence-electron chi connectivity index (χ3n) is 5.03. The minimum absolute atomic E-state index is 0.0171. The molecule has 1 aliphatic heterocycles. The molecule has 1 amide bonds. The summed E-state index contributed by atoms with van der Waals surface area (Å²) in [6, 6.07) is 10.2. The number of H-pyrrole nitrogens is 1. The topological polar surface area (TPSA) is 37.7 Å². The van der Waals surface area contributed by atoms with Crippen LogP contribution in [0.3, 0.4) is 0 Å². The lowest BCUT2D eigenvalue weighted by molar-refractivity contribution is -0.367. The van der Waals surface area contributed by atoms with Gasteiger partial charge in [-0.15, -0.1) is 0 Å². The second kappa shape index (κ2) is 7.45. The third-order valence-corrected chi connectivity index (χ3v) is 5.03. The van der Waals surface area contributed by atoms with Gasteiger partial charge in [0.05, 0.1) is 18.7 Å². The first-order valence-corrected chi connectivity index (χ1v) is 9.29. The van der Waals surface area contributed by atoms with Crippen LogP contribution in [0, 0.1) is 0 Å². The first kappa shape index (κ1) is 20.2. The van der Waals surface area contributed by atoms with Gasteiger partial charge >= 0.3 is 6.18 Å². The average molecular weight is 392 g/mol. The summed E-state index contributed by atoms with van der Waals surface area (Å²) in [4.78, 5) is 19.2. The number of nitrogens with zero attached hydrogens (tertiary/aromatic N) is 2. The molecule has 1 fully saturated rings. The molecule has 2 aromatic rings. The second-order valence-corrected chi connectivity index (χ2v) is 8.07. The maximum absolute atomic E-state index is 12.7. The van der Waals surface area contributed by atoms with Crippen molar-refractivity contribution in [2.75, 3.05) is 31.1 Å². The Kier molecular flexibility index (Phi) is 5.37. The minimum Gasteiger partial charge on any atom is -0.331 e. The number of carbonyl (C=O) groups excluding carboxylic acids is 1. The Morgan fingerprint density at radius 1 is 0.893 bits per heavy atom. The number of halogens is 3. The number of piperazine rings is 1. The molecule has 0 aliphatic carbocycles. The lowest BCUT2D eigenvalue weighted by Crippen LogP contribution is -2.50. The van der Waals surface area contributed by atoms with Crippen LogP contribution in [-0.4, -0.2) is 37.0 Å². The van der Waals surface area contributed by atoms with Crippen molar-refractivity contribution in [1.29, 1.82) is 0 Å². The molecule has 2 heterocycles. The Morgan fingerprint density at radius 3 is 1.93 bits per heavy atom. The van der Waals surface area contributed by atoms with Crippen molar-refractivity contribution >= 4 is 11.7 Å². The normalized spacial score (nSPS) is 15.6. The molecule has 0 unspecified atom stereocenters. The SMILES string of the molecule is CC(C)(C)c1ccc(C(=O)N2CCN(c3ccc(C(F)(F)F)c[nH+]3)CC2)cc1. The van der Waals surface area contributed by atoms with E-state index in [1.54, 1.807) is 4.90 Å². The highest BCUT2D eigenvalue weighted by Gasteiger charge is 2.33. The number of nitrogens with one attached hydrogen (secondary N) is 1. The van der Waals surface area contributed by atoms with Crippen molar-refractivity contribution < 1.29 is 22.9 Å². The van der Waals surface area contributed by atoms with Crippen LogP contribution in [0.25, 0.3) is 0 Å². The molecule has 0 saturated carbocycles. The Balaban J connectivity index is 1.61. The van der Waals surface area contributed by atoms with Crippen molar-refractivity contribution in [3.63, 3.8) is 0 Å². The fourth-order valence-electron chi connectivity index (χ4n) is 3.24. The molecule has 1 saturated heterocycles. The molecule has 150 valence electrons. The maximum Gasteiger partial charge on any atom is 0.419 e. The number of anilines is 1. The van der Waals surface area contributed by atoms with Crippen LogP contribution in [0.5, 0.6) is 0 Å². The third kappa shape index (κ3) is 4.46. The van der Waals surface area contributed by atoms with Crippen LogP contribution in [0.4, 0.5) is 19.0 Å². The lowest BCUT2D eigenvalue weighted by atomic mass is 9.86. The quantitative estimate of drug-likeness (QED) is 0.780. The standard InChI is InChI=1S/C21H24F3N3O/c1-20(2,3)16-6-4-15(5-7-16)19(28)27-12-10-26(11-13-27)18-9-8-17(14-25-18)21(22,23)24/h4-9,14H,10-13H2,1-3H3/p+1. The Bertz CT molecular complexity index is 816. The van der Waals surface area contributed by atoms with Crippen LogP contribution < -0.4 is 9.88 Å². The van der Waals surface area contributed by atoms with E-state index in [9.17, 15) is 18.0 Å². The van der Waals surface area contributed by atoms with E-state index in [1.807, 2.05) is 29.2 Å². The Labute approximate surface area is 163 Å². The molecular formula is C21H25F3N3O+. The van der Waals surface area contributed by atoms with Crippen LogP contribution >= 0.6 is 0 Å². The van der Waals surface area contributed by atoms with Gasteiger partial charge in [-0.3, -0.25) is 9.69 Å². The molecule has 1 aromatic heterocycles. The van der Waals surface area contributed by atoms with E-state index in [0.717, 1.165) is 12.3 Å². The van der Waals surface area contributed by atoms with E-state index in [4.69, 9.17) is 0 Å². The number of amides is 1. The van der Waals surface area contributed by atoms with Crippen LogP contribution in [0.2, 0.25) is 0 Å². The van der Waals surface area contributed by atoms with E-state index in [-0.39, 0.29) is 11.3 Å². The van der Waals surface area contributed by atoms with Gasteiger partial charge in [-0.05, 0) is 29.2 Å². The van der Waals surface area contributed by atoms with E-state index < -0.39 is 11.7 Å². The zero-order valence-electron chi connectivity index (χ0n) is 16.3. The summed E-state index contributed by atoms with van der Waals surface area (Å²) in [6.07, 6.45) is -3.38. The summed E-state index contributed by atoms with van der Waals surface area (Å²) in [5.74, 6) is 0.603. The summed E-state index contributed by atoms with van der Waals surface area (Å²) < 4.78 is 38.0. The van der Waals surface area contributed by atoms with Crippen LogP contribution in [0.15, 0.2) is 42.6 Å². The van der Waals surface area contributed by atoms with Gasteiger partial charge in [-0.25, -0.2) is 4.98 Å². The number of hydrogen-bond donors (Lipinski definition) is 0. The number of pyridine rings is 1. The minimum atomic E-state index is -4.36. The van der Waals surface area contributed by atoms with Crippen LogP contribution in [-0.2, 0) is 11.6 Å². The smallest absolute Gasteiger partial charge is 0.331 e. The first-order valence-electron chi connectivity index (χ1n) is 9.29. The molecule has 1 N–H and O–H groups in total. The molecule has 28 heavy (non-hydrogen) atoms. The van der Waals surface area contributed by atoms with E-state index >= 15 is 0 Å². The van der Waals surface area contributed by atoms with Gasteiger partial charge in [-0.1, -0.05) is 32.9 Å². The Morgan fingerprint density at radius 2 is 1.46 bits per heavy atom. The van der Waals surface area contributed by atoms with E-state index in [1.165, 1.54) is 11.6 Å². The molecule has 7 heteroatoms. The molecule has 1 aliphatic rings. The lowest BCUT2D eigenvalue weighted by Gasteiger charge is -2.31. The van der Waals surface area contributed by atoms with Gasteiger partial charge in [0.1, 0.15) is 19.3 Å². The van der Waals surface area contributed by atoms with Crippen molar-refractivity contribution in [1.82, 2.24) is 4.90 Å². The van der Waals surface area contributed by atoms with Crippen LogP contribution in [0.1, 0.15) is 42.3 Å². The average Bonchev–Trinajstić information content (AvgIpc) is 2.66. The summed E-state index contributed by atoms with van der Waals surface area (Å²) in [5.41, 5.74) is 1.16. The van der Waals surface area contributed by atoms with Gasteiger partial charge in [0.2, 0.25) is 0 Å². The predicted octanol–water partition coefficient (Wildman–Crippen LogP) is 3.78. The number of aromatic nitrogens is 1. The van der Waals surface area contributed by atoms with Crippen molar-refractivity contribution in [2.24, 2.45) is 0 Å². The first-order chi connectivity index (χ1) is 13.1. The second-order valence-electron chi connectivity index (χ2n) is 8.07. The summed E-state index contributed by atoms with van der Waals surface area (Å²) >= 11 is 0. The highest BCUT2D eigenvalue weighted by Crippen LogP contribution is 2.28. The Hall–Kier alpha value is -2.57. The zero-order chi connectivity index (χ0) is 20.5. The van der Waals surface area contributed by atoms with Crippen molar-refractivity contribution in [3.8, 4) is 0 Å². The molecule has 3 rings (SSSR count). The molecule has 0 atom stereocenters. The summed E-state index contributed by atoms with van der Waals surface area (Å²) in [7, 11) is 0. The molecular weight excluding hydrogens is 367 g/mol. The number of rotatable bonds is 2. The maximum atomic E-state index is 12.7. The number of carbonyl (C=O) groups is 1. The number of alkyl halides is 3. The van der Waals surface area contributed by atoms with Gasteiger partial charge in [0.15, 0.2) is 0 Å². The van der Waals surface area contributed by atoms with Gasteiger partial charge in [-0.2, -0.15) is 13.2 Å². The molecule has 4 nitrogen and oxygen atoms in total. The zero-order valence-corrected chi connectivity index (χ0v) is 16.3. The van der Waals surface area contributed by atoms with E-state index in [0.29, 0.717) is 37.6 Å². The summed E-state index contributed by atoms with van der Waals surface area (Å²) in [6.45, 7) is 8.55. The van der Waals surface area contributed by atoms with Crippen molar-refractivity contribution in [2.45, 2.75) is 32.4 Å². The number of benzene rings is 1. The fraction of sp³-hybridized carbons (Fsp3) is 0.429. The predicted molar refractivity (Wildman–Crippen MR) is 101 cm³/mol. The van der Waals surface area contributed by atoms with Gasteiger partial charge < -0.3 is 4.90 Å². The molecule has 0 radical (unpaired) electrons. The highest BCUT2D eigenvalue weighted by molar-refractivity contribution is 5.94. The van der Waals surface area contributed by atoms with Crippen molar-refractivity contribution in [3.05, 3.63) is 59.3 Å². The number of aromatic amines is 1. The highest BCUT2D eigenvalue weighted by atomic mass is 19.4.